The lowest BCUT2D eigenvalue weighted by Gasteiger charge is -2.17. The van der Waals surface area contributed by atoms with Gasteiger partial charge in [-0.3, -0.25) is 4.79 Å². The Kier molecular flexibility index (Phi) is 3.79. The minimum Gasteiger partial charge on any atom is -0.361 e. The van der Waals surface area contributed by atoms with Gasteiger partial charge in [0.1, 0.15) is 0 Å². The van der Waals surface area contributed by atoms with Gasteiger partial charge in [0.05, 0.1) is 0 Å². The monoisotopic (exact) mass is 372 g/mol. The first-order chi connectivity index (χ1) is 13.6. The molecule has 2 aromatic heterocycles. The van der Waals surface area contributed by atoms with E-state index in [1.54, 1.807) is 0 Å². The topological polar surface area (TPSA) is 75.0 Å². The van der Waals surface area contributed by atoms with E-state index in [2.05, 4.69) is 41.1 Å². The average molecular weight is 372 g/mol. The molecule has 2 aromatic carbocycles. The number of nitrogens with zero attached hydrogens (tertiary/aromatic N) is 3. The molecule has 0 spiro atoms. The molecule has 1 aliphatic rings. The average Bonchev–Trinajstić information content (AvgIpc) is 3.42. The predicted molar refractivity (Wildman–Crippen MR) is 107 cm³/mol. The number of benzene rings is 2. The molecule has 5 rings (SSSR count). The maximum atomic E-state index is 12.6. The van der Waals surface area contributed by atoms with E-state index >= 15 is 0 Å². The zero-order valence-electron chi connectivity index (χ0n) is 15.8. The highest BCUT2D eigenvalue weighted by atomic mass is 16.5. The van der Waals surface area contributed by atoms with E-state index in [0.717, 1.165) is 22.2 Å². The van der Waals surface area contributed by atoms with Crippen molar-refractivity contribution in [2.75, 3.05) is 11.4 Å². The molecule has 1 saturated heterocycles. The van der Waals surface area contributed by atoms with Gasteiger partial charge in [-0.25, -0.2) is 0 Å². The lowest BCUT2D eigenvalue weighted by atomic mass is 10.1. The Morgan fingerprint density at radius 3 is 2.89 bits per heavy atom. The van der Waals surface area contributed by atoms with Crippen molar-refractivity contribution >= 4 is 22.5 Å². The molecule has 6 nitrogen and oxygen atoms in total. The van der Waals surface area contributed by atoms with Gasteiger partial charge in [0.2, 0.25) is 5.91 Å². The Morgan fingerprint density at radius 1 is 1.14 bits per heavy atom. The van der Waals surface area contributed by atoms with Crippen molar-refractivity contribution in [2.45, 2.75) is 26.2 Å². The Morgan fingerprint density at radius 2 is 2.04 bits per heavy atom. The molecule has 1 unspecified atom stereocenters. The van der Waals surface area contributed by atoms with Crippen LogP contribution in [0.1, 0.15) is 29.3 Å². The molecule has 0 radical (unpaired) electrons. The number of hydrogen-bond acceptors (Lipinski definition) is 4. The third-order valence-corrected chi connectivity index (χ3v) is 5.56. The molecule has 1 fully saturated rings. The minimum absolute atomic E-state index is 0.0722. The molecular formula is C22H20N4O2. The Bertz CT molecular complexity index is 1190. The quantitative estimate of drug-likeness (QED) is 0.580. The van der Waals surface area contributed by atoms with Crippen LogP contribution in [0.15, 0.2) is 53.2 Å². The van der Waals surface area contributed by atoms with Crippen molar-refractivity contribution in [3.63, 3.8) is 0 Å². The van der Waals surface area contributed by atoms with Gasteiger partial charge in [-0.15, -0.1) is 0 Å². The van der Waals surface area contributed by atoms with Crippen molar-refractivity contribution in [3.8, 4) is 11.5 Å². The van der Waals surface area contributed by atoms with Crippen molar-refractivity contribution in [1.29, 1.82) is 0 Å². The summed E-state index contributed by atoms with van der Waals surface area (Å²) in [6, 6.07) is 14.0. The highest BCUT2D eigenvalue weighted by molar-refractivity contribution is 5.96. The van der Waals surface area contributed by atoms with Crippen LogP contribution in [0.3, 0.4) is 0 Å². The summed E-state index contributed by atoms with van der Waals surface area (Å²) >= 11 is 0. The van der Waals surface area contributed by atoms with Crippen LogP contribution in [0.4, 0.5) is 5.69 Å². The van der Waals surface area contributed by atoms with Crippen LogP contribution in [0, 0.1) is 13.8 Å². The lowest BCUT2D eigenvalue weighted by Crippen LogP contribution is -2.24. The number of aromatic amines is 1. The molecule has 1 aliphatic heterocycles. The van der Waals surface area contributed by atoms with Crippen molar-refractivity contribution in [1.82, 2.24) is 15.1 Å². The second-order valence-electron chi connectivity index (χ2n) is 7.38. The number of H-pyrrole nitrogens is 1. The summed E-state index contributed by atoms with van der Waals surface area (Å²) in [6.45, 7) is 4.69. The molecular weight excluding hydrogens is 352 g/mol. The van der Waals surface area contributed by atoms with Crippen molar-refractivity contribution in [3.05, 3.63) is 65.6 Å². The van der Waals surface area contributed by atoms with E-state index in [-0.39, 0.29) is 11.8 Å². The smallest absolute Gasteiger partial charge is 0.258 e. The van der Waals surface area contributed by atoms with Gasteiger partial charge in [0.25, 0.3) is 5.89 Å². The molecule has 3 heterocycles. The number of amides is 1. The second-order valence-corrected chi connectivity index (χ2v) is 7.38. The molecule has 1 amide bonds. The number of rotatable bonds is 3. The summed E-state index contributed by atoms with van der Waals surface area (Å²) in [6.07, 6.45) is 2.28. The van der Waals surface area contributed by atoms with E-state index in [9.17, 15) is 4.79 Å². The standard InChI is InChI=1S/C22H20N4O2/c1-13-6-7-16(10-14(13)2)26-12-15(11-20(26)27)21-24-22(28-25-21)18-4-3-5-19-17(18)8-9-23-19/h3-10,15,23H,11-12H2,1-2H3. The van der Waals surface area contributed by atoms with E-state index in [1.807, 2.05) is 41.4 Å². The number of carbonyl (C=O) groups is 1. The normalized spacial score (nSPS) is 17.0. The molecule has 28 heavy (non-hydrogen) atoms. The lowest BCUT2D eigenvalue weighted by molar-refractivity contribution is -0.117. The fourth-order valence-electron chi connectivity index (χ4n) is 3.81. The molecule has 4 aromatic rings. The first-order valence-electron chi connectivity index (χ1n) is 9.38. The predicted octanol–water partition coefficient (Wildman–Crippen LogP) is 4.36. The third kappa shape index (κ3) is 2.69. The van der Waals surface area contributed by atoms with E-state index in [4.69, 9.17) is 4.52 Å². The third-order valence-electron chi connectivity index (χ3n) is 5.56. The minimum atomic E-state index is -0.0722. The number of nitrogens with one attached hydrogen (secondary N) is 1. The molecule has 0 bridgehead atoms. The van der Waals surface area contributed by atoms with Gasteiger partial charge in [-0.1, -0.05) is 17.3 Å². The van der Waals surface area contributed by atoms with Gasteiger partial charge >= 0.3 is 0 Å². The summed E-state index contributed by atoms with van der Waals surface area (Å²) in [4.78, 5) is 22.2. The summed E-state index contributed by atoms with van der Waals surface area (Å²) in [7, 11) is 0. The van der Waals surface area contributed by atoms with Crippen LogP contribution in [-0.4, -0.2) is 27.6 Å². The van der Waals surface area contributed by atoms with Gasteiger partial charge in [-0.05, 0) is 55.3 Å². The van der Waals surface area contributed by atoms with Gasteiger partial charge < -0.3 is 14.4 Å². The van der Waals surface area contributed by atoms with Gasteiger partial charge in [-0.2, -0.15) is 4.98 Å². The Labute approximate surface area is 162 Å². The highest BCUT2D eigenvalue weighted by Gasteiger charge is 2.34. The largest absolute Gasteiger partial charge is 0.361 e. The van der Waals surface area contributed by atoms with Crippen LogP contribution in [-0.2, 0) is 4.79 Å². The molecule has 0 saturated carbocycles. The number of carbonyl (C=O) groups excluding carboxylic acids is 1. The summed E-state index contributed by atoms with van der Waals surface area (Å²) in [5.74, 6) is 1.09. The Hall–Kier alpha value is -3.41. The number of aryl methyl sites for hydroxylation is 2. The number of hydrogen-bond donors (Lipinski definition) is 1. The van der Waals surface area contributed by atoms with Crippen LogP contribution in [0.2, 0.25) is 0 Å². The van der Waals surface area contributed by atoms with Crippen molar-refractivity contribution < 1.29 is 9.32 Å². The zero-order valence-corrected chi connectivity index (χ0v) is 15.8. The zero-order chi connectivity index (χ0) is 19.3. The molecule has 0 aliphatic carbocycles. The van der Waals surface area contributed by atoms with Crippen LogP contribution in [0.5, 0.6) is 0 Å². The summed E-state index contributed by atoms with van der Waals surface area (Å²) < 4.78 is 5.55. The van der Waals surface area contributed by atoms with Crippen LogP contribution >= 0.6 is 0 Å². The summed E-state index contributed by atoms with van der Waals surface area (Å²) in [5, 5.41) is 5.22. The van der Waals surface area contributed by atoms with Crippen LogP contribution in [0.25, 0.3) is 22.4 Å². The maximum Gasteiger partial charge on any atom is 0.258 e. The highest BCUT2D eigenvalue weighted by Crippen LogP contribution is 2.33. The molecule has 6 heteroatoms. The van der Waals surface area contributed by atoms with Crippen LogP contribution < -0.4 is 4.90 Å². The fraction of sp³-hybridized carbons (Fsp3) is 0.227. The first-order valence-corrected chi connectivity index (χ1v) is 9.38. The summed E-state index contributed by atoms with van der Waals surface area (Å²) in [5.41, 5.74) is 5.24. The van der Waals surface area contributed by atoms with E-state index in [1.165, 1.54) is 11.1 Å². The number of aromatic nitrogens is 3. The molecule has 1 atom stereocenters. The first kappa shape index (κ1) is 16.7. The maximum absolute atomic E-state index is 12.6. The van der Waals surface area contributed by atoms with Gasteiger partial charge in [0.15, 0.2) is 5.82 Å². The number of anilines is 1. The molecule has 140 valence electrons. The van der Waals surface area contributed by atoms with E-state index in [0.29, 0.717) is 24.7 Å². The number of fused-ring (bicyclic) bond motifs is 1. The Balaban J connectivity index is 1.43. The van der Waals surface area contributed by atoms with Gasteiger partial charge in [0, 0.05) is 47.2 Å². The second kappa shape index (κ2) is 6.34. The SMILES string of the molecule is Cc1ccc(N2CC(c3noc(-c4cccc5[nH]ccc45)n3)CC2=O)cc1C. The molecule has 1 N–H and O–H groups in total. The fourth-order valence-corrected chi connectivity index (χ4v) is 3.81. The van der Waals surface area contributed by atoms with Crippen molar-refractivity contribution in [2.24, 2.45) is 0 Å². The van der Waals surface area contributed by atoms with E-state index < -0.39 is 0 Å².